The lowest BCUT2D eigenvalue weighted by Gasteiger charge is -2.04. The first-order valence-electron chi connectivity index (χ1n) is 6.04. The molecule has 0 radical (unpaired) electrons. The maximum atomic E-state index is 3.56. The largest absolute Gasteiger partial charge is 0.225 e. The average molecular weight is 249 g/mol. The second-order valence-corrected chi connectivity index (χ2v) is 3.97. The van der Waals surface area contributed by atoms with Gasteiger partial charge in [0.15, 0.2) is 0 Å². The molecule has 0 saturated carbocycles. The molecular weight excluding hydrogens is 234 g/mol. The molecule has 0 unspecified atom stereocenters. The van der Waals surface area contributed by atoms with Gasteiger partial charge < -0.3 is 0 Å². The molecule has 1 aromatic heterocycles. The van der Waals surface area contributed by atoms with Gasteiger partial charge in [0, 0.05) is 0 Å². The van der Waals surface area contributed by atoms with Crippen LogP contribution < -0.4 is 0 Å². The highest BCUT2D eigenvalue weighted by Crippen LogP contribution is 2.21. The highest BCUT2D eigenvalue weighted by molar-refractivity contribution is 5.66. The van der Waals surface area contributed by atoms with Gasteiger partial charge in [-0.1, -0.05) is 54.6 Å². The van der Waals surface area contributed by atoms with Gasteiger partial charge in [-0.15, -0.1) is 0 Å². The van der Waals surface area contributed by atoms with E-state index in [4.69, 9.17) is 0 Å². The van der Waals surface area contributed by atoms with E-state index in [1.54, 1.807) is 0 Å². The van der Waals surface area contributed by atoms with Gasteiger partial charge >= 0.3 is 0 Å². The first-order valence-corrected chi connectivity index (χ1v) is 6.04. The van der Waals surface area contributed by atoms with E-state index < -0.39 is 0 Å². The van der Waals surface area contributed by atoms with E-state index in [0.717, 1.165) is 0 Å². The minimum Gasteiger partial charge on any atom is -0.225 e. The van der Waals surface area contributed by atoms with E-state index >= 15 is 0 Å². The van der Waals surface area contributed by atoms with Crippen LogP contribution in [0, 0.1) is 6.92 Å². The lowest BCUT2D eigenvalue weighted by molar-refractivity contribution is 1.05. The van der Waals surface area contributed by atoms with Crippen molar-refractivity contribution in [1.29, 1.82) is 0 Å². The fraction of sp³-hybridized carbons (Fsp3) is 0.0625. The maximum Gasteiger partial charge on any atom is 0.119 e. The number of hydrogen-bond acceptors (Lipinski definition) is 3. The Bertz CT molecular complexity index is 568. The van der Waals surface area contributed by atoms with Crippen LogP contribution in [-0.4, -0.2) is 15.0 Å². The third kappa shape index (κ3) is 4.00. The molecule has 0 aliphatic carbocycles. The van der Waals surface area contributed by atoms with Crippen LogP contribution in [0.5, 0.6) is 0 Å². The Balaban J connectivity index is 0.000000186. The number of hydrogen-bond donors (Lipinski definition) is 0. The zero-order valence-electron chi connectivity index (χ0n) is 10.8. The van der Waals surface area contributed by atoms with Crippen molar-refractivity contribution in [3.05, 3.63) is 79.1 Å². The maximum absolute atomic E-state index is 3.56. The summed E-state index contributed by atoms with van der Waals surface area (Å²) in [5, 5.41) is 0. The summed E-state index contributed by atoms with van der Waals surface area (Å²) < 4.78 is 0. The fourth-order valence-corrected chi connectivity index (χ4v) is 1.72. The van der Waals surface area contributed by atoms with Gasteiger partial charge in [0.2, 0.25) is 0 Å². The lowest BCUT2D eigenvalue weighted by atomic mass is 10.0. The van der Waals surface area contributed by atoms with Crippen LogP contribution in [-0.2, 0) is 0 Å². The van der Waals surface area contributed by atoms with Crippen LogP contribution >= 0.6 is 0 Å². The topological polar surface area (TPSA) is 38.7 Å². The summed E-state index contributed by atoms with van der Waals surface area (Å²) in [6.07, 6.45) is 4.31. The number of rotatable bonds is 1. The average Bonchev–Trinajstić information content (AvgIpc) is 2.51. The summed E-state index contributed by atoms with van der Waals surface area (Å²) in [6, 6.07) is 18.9. The molecule has 0 aliphatic rings. The molecule has 0 bridgehead atoms. The summed E-state index contributed by atoms with van der Waals surface area (Å²) >= 11 is 0. The first kappa shape index (κ1) is 12.9. The van der Waals surface area contributed by atoms with Crippen LogP contribution in [0.1, 0.15) is 5.56 Å². The Kier molecular flexibility index (Phi) is 4.76. The van der Waals surface area contributed by atoms with E-state index in [1.165, 1.54) is 35.7 Å². The quantitative estimate of drug-likeness (QED) is 0.662. The Morgan fingerprint density at radius 2 is 1.16 bits per heavy atom. The molecule has 3 nitrogen and oxygen atoms in total. The van der Waals surface area contributed by atoms with Gasteiger partial charge in [-0.25, -0.2) is 15.0 Å². The molecule has 1 heterocycles. The van der Waals surface area contributed by atoms with Crippen LogP contribution in [0.2, 0.25) is 0 Å². The van der Waals surface area contributed by atoms with Crippen LogP contribution in [0.3, 0.4) is 0 Å². The molecule has 0 spiro atoms. The summed E-state index contributed by atoms with van der Waals surface area (Å²) in [4.78, 5) is 10.7. The smallest absolute Gasteiger partial charge is 0.119 e. The Morgan fingerprint density at radius 3 is 1.68 bits per heavy atom. The molecule has 2 aromatic carbocycles. The molecule has 19 heavy (non-hydrogen) atoms. The number of aromatic nitrogens is 3. The zero-order valence-corrected chi connectivity index (χ0v) is 10.8. The fourth-order valence-electron chi connectivity index (χ4n) is 1.72. The molecular formula is C16H15N3. The third-order valence-corrected chi connectivity index (χ3v) is 2.63. The predicted molar refractivity (Wildman–Crippen MR) is 76.4 cm³/mol. The van der Waals surface area contributed by atoms with E-state index in [2.05, 4.69) is 70.4 Å². The summed E-state index contributed by atoms with van der Waals surface area (Å²) in [7, 11) is 0. The van der Waals surface area contributed by atoms with Crippen molar-refractivity contribution in [2.75, 3.05) is 0 Å². The van der Waals surface area contributed by atoms with Crippen molar-refractivity contribution in [2.45, 2.75) is 6.92 Å². The number of nitrogens with zero attached hydrogens (tertiary/aromatic N) is 3. The van der Waals surface area contributed by atoms with Crippen molar-refractivity contribution in [1.82, 2.24) is 15.0 Å². The first-order chi connectivity index (χ1) is 9.38. The Labute approximate surface area is 113 Å². The summed E-state index contributed by atoms with van der Waals surface area (Å²) in [6.45, 7) is 2.14. The van der Waals surface area contributed by atoms with Crippen molar-refractivity contribution >= 4 is 0 Å². The standard InChI is InChI=1S/C13H12.C3H3N3/c1-11-7-5-6-10-13(11)12-8-3-2-4-9-12;1-4-2-6-3-5-1/h2-10H,1H3;1-3H. The molecule has 0 saturated heterocycles. The van der Waals surface area contributed by atoms with Gasteiger partial charge in [-0.05, 0) is 23.6 Å². The molecule has 3 rings (SSSR count). The molecule has 0 amide bonds. The lowest BCUT2D eigenvalue weighted by Crippen LogP contribution is -1.80. The van der Waals surface area contributed by atoms with Crippen molar-refractivity contribution in [3.63, 3.8) is 0 Å². The molecule has 0 fully saturated rings. The van der Waals surface area contributed by atoms with Crippen LogP contribution in [0.25, 0.3) is 11.1 Å². The van der Waals surface area contributed by atoms with Gasteiger partial charge in [-0.3, -0.25) is 0 Å². The van der Waals surface area contributed by atoms with E-state index in [1.807, 2.05) is 6.07 Å². The third-order valence-electron chi connectivity index (χ3n) is 2.63. The van der Waals surface area contributed by atoms with Gasteiger partial charge in [0.1, 0.15) is 19.0 Å². The molecule has 94 valence electrons. The minimum absolute atomic E-state index is 1.29. The van der Waals surface area contributed by atoms with Crippen LogP contribution in [0.4, 0.5) is 0 Å². The Hall–Kier alpha value is -2.55. The highest BCUT2D eigenvalue weighted by Gasteiger charge is 1.97. The highest BCUT2D eigenvalue weighted by atomic mass is 14.9. The van der Waals surface area contributed by atoms with Crippen molar-refractivity contribution < 1.29 is 0 Å². The molecule has 0 N–H and O–H groups in total. The van der Waals surface area contributed by atoms with Crippen molar-refractivity contribution in [3.8, 4) is 11.1 Å². The van der Waals surface area contributed by atoms with Crippen molar-refractivity contribution in [2.24, 2.45) is 0 Å². The van der Waals surface area contributed by atoms with Gasteiger partial charge in [-0.2, -0.15) is 0 Å². The monoisotopic (exact) mass is 249 g/mol. The predicted octanol–water partition coefficient (Wildman–Crippen LogP) is 3.53. The normalized spacial score (nSPS) is 9.32. The molecule has 0 atom stereocenters. The molecule has 3 heteroatoms. The summed E-state index contributed by atoms with van der Waals surface area (Å²) in [5.41, 5.74) is 3.94. The van der Waals surface area contributed by atoms with E-state index in [9.17, 15) is 0 Å². The van der Waals surface area contributed by atoms with E-state index in [0.29, 0.717) is 0 Å². The summed E-state index contributed by atoms with van der Waals surface area (Å²) in [5.74, 6) is 0. The van der Waals surface area contributed by atoms with Gasteiger partial charge in [0.25, 0.3) is 0 Å². The molecule has 3 aromatic rings. The number of benzene rings is 2. The Morgan fingerprint density at radius 1 is 0.632 bits per heavy atom. The van der Waals surface area contributed by atoms with Crippen LogP contribution in [0.15, 0.2) is 73.6 Å². The zero-order chi connectivity index (χ0) is 13.3. The SMILES string of the molecule is Cc1ccccc1-c1ccccc1.c1ncncn1. The van der Waals surface area contributed by atoms with E-state index in [-0.39, 0.29) is 0 Å². The second-order valence-electron chi connectivity index (χ2n) is 3.97. The number of aryl methyl sites for hydroxylation is 1. The molecule has 0 aliphatic heterocycles. The minimum atomic E-state index is 1.29. The van der Waals surface area contributed by atoms with Gasteiger partial charge in [0.05, 0.1) is 0 Å². The second kappa shape index (κ2) is 7.01.